The zero-order valence-electron chi connectivity index (χ0n) is 9.14. The summed E-state index contributed by atoms with van der Waals surface area (Å²) in [7, 11) is 0. The lowest BCUT2D eigenvalue weighted by Gasteiger charge is -2.05. The highest BCUT2D eigenvalue weighted by Crippen LogP contribution is 2.16. The number of hydrogen-bond acceptors (Lipinski definition) is 1. The van der Waals surface area contributed by atoms with Gasteiger partial charge in [0.1, 0.15) is 0 Å². The predicted molar refractivity (Wildman–Crippen MR) is 63.2 cm³/mol. The molecule has 0 saturated carbocycles. The van der Waals surface area contributed by atoms with Crippen LogP contribution < -0.4 is 5.32 Å². The monoisotopic (exact) mass is 225 g/mol. The van der Waals surface area contributed by atoms with E-state index in [2.05, 4.69) is 5.32 Å². The minimum Gasteiger partial charge on any atom is -0.356 e. The molecule has 82 valence electrons. The fourth-order valence-electron chi connectivity index (χ4n) is 1.33. The van der Waals surface area contributed by atoms with Crippen molar-refractivity contribution < 1.29 is 4.79 Å². The van der Waals surface area contributed by atoms with Crippen molar-refractivity contribution in [3.8, 4) is 0 Å². The summed E-state index contributed by atoms with van der Waals surface area (Å²) in [5.74, 6) is 0.0681. The maximum atomic E-state index is 11.4. The topological polar surface area (TPSA) is 29.1 Å². The lowest BCUT2D eigenvalue weighted by Crippen LogP contribution is -2.25. The Labute approximate surface area is 95.6 Å². The van der Waals surface area contributed by atoms with Gasteiger partial charge in [0.2, 0.25) is 5.91 Å². The maximum absolute atomic E-state index is 11.4. The van der Waals surface area contributed by atoms with Gasteiger partial charge in [0.25, 0.3) is 0 Å². The van der Waals surface area contributed by atoms with Crippen LogP contribution in [0.4, 0.5) is 0 Å². The van der Waals surface area contributed by atoms with Crippen molar-refractivity contribution in [2.45, 2.75) is 26.7 Å². The van der Waals surface area contributed by atoms with E-state index in [1.54, 1.807) is 0 Å². The van der Waals surface area contributed by atoms with Crippen LogP contribution in [0.15, 0.2) is 18.2 Å². The van der Waals surface area contributed by atoms with Crippen LogP contribution in [0, 0.1) is 6.92 Å². The number of carbonyl (C=O) groups is 1. The summed E-state index contributed by atoms with van der Waals surface area (Å²) in [5, 5.41) is 3.59. The van der Waals surface area contributed by atoms with Crippen molar-refractivity contribution in [1.82, 2.24) is 5.32 Å². The molecule has 3 heteroatoms. The fraction of sp³-hybridized carbons (Fsp3) is 0.417. The molecule has 0 aliphatic rings. The van der Waals surface area contributed by atoms with Crippen LogP contribution >= 0.6 is 11.6 Å². The molecule has 1 N–H and O–H groups in total. The van der Waals surface area contributed by atoms with E-state index in [1.807, 2.05) is 32.0 Å². The summed E-state index contributed by atoms with van der Waals surface area (Å²) in [4.78, 5) is 11.4. The molecule has 1 rings (SSSR count). The number of hydrogen-bond donors (Lipinski definition) is 1. The van der Waals surface area contributed by atoms with Crippen molar-refractivity contribution in [2.75, 3.05) is 6.54 Å². The van der Waals surface area contributed by atoms with Gasteiger partial charge in [0.15, 0.2) is 0 Å². The highest BCUT2D eigenvalue weighted by molar-refractivity contribution is 6.31. The van der Waals surface area contributed by atoms with Crippen molar-refractivity contribution in [3.05, 3.63) is 34.3 Å². The first-order chi connectivity index (χ1) is 7.13. The Balaban J connectivity index is 2.57. The molecule has 2 nitrogen and oxygen atoms in total. The van der Waals surface area contributed by atoms with E-state index in [0.29, 0.717) is 6.42 Å². The van der Waals surface area contributed by atoms with Gasteiger partial charge in [-0.2, -0.15) is 0 Å². The van der Waals surface area contributed by atoms with Crippen LogP contribution in [0.2, 0.25) is 5.02 Å². The van der Waals surface area contributed by atoms with Gasteiger partial charge in [-0.1, -0.05) is 30.7 Å². The summed E-state index contributed by atoms with van der Waals surface area (Å²) >= 11 is 5.90. The Bertz CT molecular complexity index is 349. The maximum Gasteiger partial charge on any atom is 0.224 e. The number of benzene rings is 1. The molecular weight excluding hydrogens is 210 g/mol. The summed E-state index contributed by atoms with van der Waals surface area (Å²) in [6.45, 7) is 4.72. The Kier molecular flexibility index (Phi) is 4.63. The molecule has 0 aromatic heterocycles. The van der Waals surface area contributed by atoms with E-state index in [1.165, 1.54) is 0 Å². The third kappa shape index (κ3) is 3.92. The molecule has 0 aliphatic heterocycles. The van der Waals surface area contributed by atoms with Crippen molar-refractivity contribution in [3.63, 3.8) is 0 Å². The molecule has 0 aliphatic carbocycles. The summed E-state index contributed by atoms with van der Waals surface area (Å²) in [6.07, 6.45) is 1.39. The van der Waals surface area contributed by atoms with E-state index in [0.717, 1.165) is 29.1 Å². The Morgan fingerprint density at radius 1 is 1.47 bits per heavy atom. The second-order valence-corrected chi connectivity index (χ2v) is 4.02. The summed E-state index contributed by atoms with van der Waals surface area (Å²) < 4.78 is 0. The van der Waals surface area contributed by atoms with Crippen LogP contribution in [0.3, 0.4) is 0 Å². The zero-order chi connectivity index (χ0) is 11.3. The lowest BCUT2D eigenvalue weighted by atomic mass is 10.1. The first-order valence-electron chi connectivity index (χ1n) is 5.15. The number of carbonyl (C=O) groups excluding carboxylic acids is 1. The molecule has 15 heavy (non-hydrogen) atoms. The van der Waals surface area contributed by atoms with Gasteiger partial charge in [0.05, 0.1) is 6.42 Å². The van der Waals surface area contributed by atoms with Crippen LogP contribution in [-0.2, 0) is 11.2 Å². The predicted octanol–water partition coefficient (Wildman–Crippen LogP) is 2.72. The SMILES string of the molecule is CCCNC(=O)Cc1ccc(Cl)c(C)c1. The molecule has 1 aromatic carbocycles. The van der Waals surface area contributed by atoms with Crippen LogP contribution in [0.1, 0.15) is 24.5 Å². The molecule has 0 bridgehead atoms. The third-order valence-corrected chi connectivity index (χ3v) is 2.58. The second-order valence-electron chi connectivity index (χ2n) is 3.61. The molecule has 0 spiro atoms. The van der Waals surface area contributed by atoms with E-state index in [-0.39, 0.29) is 5.91 Å². The molecule has 0 unspecified atom stereocenters. The largest absolute Gasteiger partial charge is 0.356 e. The van der Waals surface area contributed by atoms with Gasteiger partial charge in [-0.25, -0.2) is 0 Å². The smallest absolute Gasteiger partial charge is 0.224 e. The third-order valence-electron chi connectivity index (χ3n) is 2.16. The van der Waals surface area contributed by atoms with Crippen molar-refractivity contribution >= 4 is 17.5 Å². The van der Waals surface area contributed by atoms with E-state index in [9.17, 15) is 4.79 Å². The molecule has 1 amide bonds. The van der Waals surface area contributed by atoms with E-state index < -0.39 is 0 Å². The summed E-state index contributed by atoms with van der Waals surface area (Å²) in [6, 6.07) is 5.67. The average molecular weight is 226 g/mol. The minimum atomic E-state index is 0.0681. The van der Waals surface area contributed by atoms with Crippen LogP contribution in [0.5, 0.6) is 0 Å². The fourth-order valence-corrected chi connectivity index (χ4v) is 1.45. The zero-order valence-corrected chi connectivity index (χ0v) is 9.90. The van der Waals surface area contributed by atoms with Gasteiger partial charge in [-0.15, -0.1) is 0 Å². The van der Waals surface area contributed by atoms with E-state index >= 15 is 0 Å². The second kappa shape index (κ2) is 5.76. The molecule has 0 heterocycles. The number of nitrogens with one attached hydrogen (secondary N) is 1. The van der Waals surface area contributed by atoms with Crippen molar-refractivity contribution in [2.24, 2.45) is 0 Å². The highest BCUT2D eigenvalue weighted by Gasteiger charge is 2.03. The molecule has 0 atom stereocenters. The average Bonchev–Trinajstić information content (AvgIpc) is 2.20. The Morgan fingerprint density at radius 2 is 2.20 bits per heavy atom. The molecular formula is C12H16ClNO. The molecule has 0 saturated heterocycles. The minimum absolute atomic E-state index is 0.0681. The van der Waals surface area contributed by atoms with Crippen LogP contribution in [-0.4, -0.2) is 12.5 Å². The standard InChI is InChI=1S/C12H16ClNO/c1-3-6-14-12(15)8-10-4-5-11(13)9(2)7-10/h4-5,7H,3,6,8H2,1-2H3,(H,14,15). The number of amides is 1. The summed E-state index contributed by atoms with van der Waals surface area (Å²) in [5.41, 5.74) is 2.02. The van der Waals surface area contributed by atoms with E-state index in [4.69, 9.17) is 11.6 Å². The van der Waals surface area contributed by atoms with Gasteiger partial charge in [0, 0.05) is 11.6 Å². The lowest BCUT2D eigenvalue weighted by molar-refractivity contribution is -0.120. The molecule has 1 aromatic rings. The van der Waals surface area contributed by atoms with Crippen molar-refractivity contribution in [1.29, 1.82) is 0 Å². The Morgan fingerprint density at radius 3 is 2.80 bits per heavy atom. The van der Waals surface area contributed by atoms with Gasteiger partial charge in [-0.3, -0.25) is 4.79 Å². The number of rotatable bonds is 4. The van der Waals surface area contributed by atoms with Gasteiger partial charge >= 0.3 is 0 Å². The highest BCUT2D eigenvalue weighted by atomic mass is 35.5. The number of halogens is 1. The molecule has 0 fully saturated rings. The normalized spacial score (nSPS) is 10.1. The number of aryl methyl sites for hydroxylation is 1. The first-order valence-corrected chi connectivity index (χ1v) is 5.53. The molecule has 0 radical (unpaired) electrons. The van der Waals surface area contributed by atoms with Gasteiger partial charge < -0.3 is 5.32 Å². The van der Waals surface area contributed by atoms with Crippen LogP contribution in [0.25, 0.3) is 0 Å². The Hall–Kier alpha value is -1.02. The quantitative estimate of drug-likeness (QED) is 0.839. The van der Waals surface area contributed by atoms with Gasteiger partial charge in [-0.05, 0) is 30.5 Å². The first kappa shape index (κ1) is 12.1.